The Kier molecular flexibility index (Phi) is 5.55. The Morgan fingerprint density at radius 1 is 0.929 bits per heavy atom. The number of hydrogen-bond acceptors (Lipinski definition) is 4. The van der Waals surface area contributed by atoms with E-state index in [1.165, 1.54) is 12.8 Å². The first-order valence-electron chi connectivity index (χ1n) is 10.1. The Morgan fingerprint density at radius 3 is 2.29 bits per heavy atom. The number of nitrogens with one attached hydrogen (secondary N) is 1. The first kappa shape index (κ1) is 18.5. The van der Waals surface area contributed by atoms with E-state index in [0.29, 0.717) is 17.2 Å². The van der Waals surface area contributed by atoms with E-state index in [2.05, 4.69) is 15.2 Å². The van der Waals surface area contributed by atoms with E-state index in [1.54, 1.807) is 18.3 Å². The smallest absolute Gasteiger partial charge is 0.255 e. The van der Waals surface area contributed by atoms with Gasteiger partial charge in [0.25, 0.3) is 5.91 Å². The molecule has 28 heavy (non-hydrogen) atoms. The topological polar surface area (TPSA) is 65.5 Å². The van der Waals surface area contributed by atoms with Crippen LogP contribution in [-0.4, -0.2) is 47.9 Å². The van der Waals surface area contributed by atoms with Crippen LogP contribution >= 0.6 is 0 Å². The molecule has 0 bridgehead atoms. The molecule has 1 N–H and O–H groups in total. The summed E-state index contributed by atoms with van der Waals surface area (Å²) in [7, 11) is 0. The molecule has 0 radical (unpaired) electrons. The van der Waals surface area contributed by atoms with Gasteiger partial charge in [-0.05, 0) is 37.1 Å². The summed E-state index contributed by atoms with van der Waals surface area (Å²) in [5, 5.41) is 2.87. The van der Waals surface area contributed by atoms with E-state index in [1.807, 2.05) is 35.2 Å². The summed E-state index contributed by atoms with van der Waals surface area (Å²) in [6, 6.07) is 12.9. The molecule has 2 aliphatic rings. The number of aromatic nitrogens is 1. The summed E-state index contributed by atoms with van der Waals surface area (Å²) >= 11 is 0. The van der Waals surface area contributed by atoms with Gasteiger partial charge in [-0.1, -0.05) is 31.0 Å². The Bertz CT molecular complexity index is 808. The molecule has 0 unspecified atom stereocenters. The van der Waals surface area contributed by atoms with Crippen LogP contribution in [0.4, 0.5) is 11.5 Å². The summed E-state index contributed by atoms with van der Waals surface area (Å²) in [6.45, 7) is 3.09. The fraction of sp³-hybridized carbons (Fsp3) is 0.409. The van der Waals surface area contributed by atoms with Gasteiger partial charge in [0.05, 0.1) is 11.9 Å². The van der Waals surface area contributed by atoms with Crippen LogP contribution in [0.15, 0.2) is 48.7 Å². The number of nitrogens with zero attached hydrogens (tertiary/aromatic N) is 3. The van der Waals surface area contributed by atoms with Crippen molar-refractivity contribution in [2.24, 2.45) is 5.92 Å². The molecule has 1 aromatic carbocycles. The predicted octanol–water partition coefficient (Wildman–Crippen LogP) is 3.17. The van der Waals surface area contributed by atoms with Crippen LogP contribution in [0.5, 0.6) is 0 Å². The number of hydrogen-bond donors (Lipinski definition) is 1. The fourth-order valence-corrected chi connectivity index (χ4v) is 4.03. The molecule has 0 atom stereocenters. The molecule has 2 aromatic rings. The Morgan fingerprint density at radius 2 is 1.64 bits per heavy atom. The first-order chi connectivity index (χ1) is 13.7. The summed E-state index contributed by atoms with van der Waals surface area (Å²) in [4.78, 5) is 33.5. The third-order valence-corrected chi connectivity index (χ3v) is 5.66. The molecule has 4 rings (SSSR count). The fourth-order valence-electron chi connectivity index (χ4n) is 4.03. The molecule has 1 aliphatic heterocycles. The largest absolute Gasteiger partial charge is 0.353 e. The molecule has 1 aliphatic carbocycles. The highest BCUT2D eigenvalue weighted by molar-refractivity contribution is 6.04. The molecule has 1 aromatic heterocycles. The molecule has 146 valence electrons. The van der Waals surface area contributed by atoms with Crippen molar-refractivity contribution in [1.82, 2.24) is 9.88 Å². The highest BCUT2D eigenvalue weighted by Crippen LogP contribution is 2.27. The Labute approximate surface area is 165 Å². The average Bonchev–Trinajstić information content (AvgIpc) is 3.29. The van der Waals surface area contributed by atoms with Gasteiger partial charge < -0.3 is 15.1 Å². The molecule has 6 heteroatoms. The Balaban J connectivity index is 1.31. The molecular weight excluding hydrogens is 352 g/mol. The second kappa shape index (κ2) is 8.42. The monoisotopic (exact) mass is 378 g/mol. The van der Waals surface area contributed by atoms with E-state index in [0.717, 1.165) is 44.8 Å². The van der Waals surface area contributed by atoms with Crippen molar-refractivity contribution in [2.75, 3.05) is 36.4 Å². The predicted molar refractivity (Wildman–Crippen MR) is 109 cm³/mol. The van der Waals surface area contributed by atoms with Gasteiger partial charge in [0.1, 0.15) is 5.82 Å². The van der Waals surface area contributed by atoms with Gasteiger partial charge in [0, 0.05) is 37.7 Å². The van der Waals surface area contributed by atoms with Crippen molar-refractivity contribution in [1.29, 1.82) is 0 Å². The van der Waals surface area contributed by atoms with Crippen molar-refractivity contribution >= 4 is 23.3 Å². The van der Waals surface area contributed by atoms with Crippen molar-refractivity contribution < 1.29 is 9.59 Å². The van der Waals surface area contributed by atoms with Gasteiger partial charge in [0.2, 0.25) is 5.91 Å². The molecule has 1 saturated heterocycles. The highest BCUT2D eigenvalue weighted by Gasteiger charge is 2.29. The van der Waals surface area contributed by atoms with Crippen molar-refractivity contribution in [3.8, 4) is 0 Å². The maximum atomic E-state index is 12.6. The molecular formula is C22H26N4O2. The van der Waals surface area contributed by atoms with Gasteiger partial charge in [0.15, 0.2) is 0 Å². The summed E-state index contributed by atoms with van der Waals surface area (Å²) < 4.78 is 0. The van der Waals surface area contributed by atoms with Crippen LogP contribution in [-0.2, 0) is 4.79 Å². The van der Waals surface area contributed by atoms with Crippen LogP contribution in [0, 0.1) is 5.92 Å². The maximum Gasteiger partial charge on any atom is 0.255 e. The molecule has 1 saturated carbocycles. The van der Waals surface area contributed by atoms with E-state index in [-0.39, 0.29) is 11.8 Å². The summed E-state index contributed by atoms with van der Waals surface area (Å²) in [5.41, 5.74) is 1.29. The lowest BCUT2D eigenvalue weighted by Crippen LogP contribution is -2.50. The maximum absolute atomic E-state index is 12.6. The molecule has 6 nitrogen and oxygen atoms in total. The number of anilines is 2. The van der Waals surface area contributed by atoms with E-state index >= 15 is 0 Å². The molecule has 0 spiro atoms. The van der Waals surface area contributed by atoms with Crippen LogP contribution in [0.2, 0.25) is 0 Å². The number of carbonyl (C=O) groups is 2. The SMILES string of the molecule is O=C(Nc1ccc(N2CCN(C(=O)C3CCCC3)CC2)nc1)c1ccccc1. The molecule has 2 heterocycles. The highest BCUT2D eigenvalue weighted by atomic mass is 16.2. The Hall–Kier alpha value is -2.89. The van der Waals surface area contributed by atoms with Crippen LogP contribution in [0.25, 0.3) is 0 Å². The van der Waals surface area contributed by atoms with Crippen molar-refractivity contribution in [2.45, 2.75) is 25.7 Å². The third-order valence-electron chi connectivity index (χ3n) is 5.66. The van der Waals surface area contributed by atoms with Crippen molar-refractivity contribution in [3.63, 3.8) is 0 Å². The summed E-state index contributed by atoms with van der Waals surface area (Å²) in [5.74, 6) is 1.32. The van der Waals surface area contributed by atoms with Gasteiger partial charge >= 0.3 is 0 Å². The van der Waals surface area contributed by atoms with E-state index in [9.17, 15) is 9.59 Å². The molecule has 2 fully saturated rings. The summed E-state index contributed by atoms with van der Waals surface area (Å²) in [6.07, 6.45) is 6.17. The number of carbonyl (C=O) groups excluding carboxylic acids is 2. The lowest BCUT2D eigenvalue weighted by molar-refractivity contribution is -0.135. The molecule has 2 amide bonds. The van der Waals surface area contributed by atoms with Crippen LogP contribution in [0.1, 0.15) is 36.0 Å². The van der Waals surface area contributed by atoms with E-state index in [4.69, 9.17) is 0 Å². The number of piperazine rings is 1. The standard InChI is InChI=1S/C22H26N4O2/c27-21(17-6-2-1-3-7-17)24-19-10-11-20(23-16-19)25-12-14-26(15-13-25)22(28)18-8-4-5-9-18/h1-3,6-7,10-11,16,18H,4-5,8-9,12-15H2,(H,24,27). The lowest BCUT2D eigenvalue weighted by Gasteiger charge is -2.36. The number of benzene rings is 1. The number of amides is 2. The minimum absolute atomic E-state index is 0.144. The number of rotatable bonds is 4. The quantitative estimate of drug-likeness (QED) is 0.887. The minimum Gasteiger partial charge on any atom is -0.353 e. The zero-order valence-corrected chi connectivity index (χ0v) is 16.0. The third kappa shape index (κ3) is 4.16. The second-order valence-electron chi connectivity index (χ2n) is 7.52. The van der Waals surface area contributed by atoms with Gasteiger partial charge in [-0.15, -0.1) is 0 Å². The number of pyridine rings is 1. The van der Waals surface area contributed by atoms with Crippen molar-refractivity contribution in [3.05, 3.63) is 54.2 Å². The van der Waals surface area contributed by atoms with Gasteiger partial charge in [-0.25, -0.2) is 4.98 Å². The van der Waals surface area contributed by atoms with Gasteiger partial charge in [-0.2, -0.15) is 0 Å². The zero-order valence-electron chi connectivity index (χ0n) is 16.0. The second-order valence-corrected chi connectivity index (χ2v) is 7.52. The van der Waals surface area contributed by atoms with Crippen LogP contribution in [0.3, 0.4) is 0 Å². The van der Waals surface area contributed by atoms with Crippen LogP contribution < -0.4 is 10.2 Å². The van der Waals surface area contributed by atoms with E-state index < -0.39 is 0 Å². The minimum atomic E-state index is -0.144. The average molecular weight is 378 g/mol. The lowest BCUT2D eigenvalue weighted by atomic mass is 10.1. The first-order valence-corrected chi connectivity index (χ1v) is 10.1. The zero-order chi connectivity index (χ0) is 19.3. The van der Waals surface area contributed by atoms with Gasteiger partial charge in [-0.3, -0.25) is 9.59 Å². The normalized spacial score (nSPS) is 17.6.